The van der Waals surface area contributed by atoms with Crippen LogP contribution >= 0.6 is 11.6 Å². The number of fused-ring (bicyclic) bond motifs is 1. The third kappa shape index (κ3) is 4.73. The maximum Gasteiger partial charge on any atom is 0.491 e. The van der Waals surface area contributed by atoms with Crippen molar-refractivity contribution in [2.75, 3.05) is 0 Å². The summed E-state index contributed by atoms with van der Waals surface area (Å²) in [5.74, 6) is -0.694. The Balaban J connectivity index is 0.000000167. The van der Waals surface area contributed by atoms with E-state index >= 15 is 0 Å². The number of aromatic nitrogens is 4. The zero-order valence-electron chi connectivity index (χ0n) is 15.3. The first-order valence-electron chi connectivity index (χ1n) is 8.69. The number of rotatable bonds is 3. The number of halogens is 3. The SMILES string of the molecule is CC1OB(O)c2ccc(F)cc21.CCn1cc(Cc2cc(F)cnc2Cl)nn1. The maximum absolute atomic E-state index is 13.0. The van der Waals surface area contributed by atoms with E-state index < -0.39 is 12.9 Å². The Morgan fingerprint density at radius 1 is 1.29 bits per heavy atom. The highest BCUT2D eigenvalue weighted by molar-refractivity contribution is 6.61. The molecule has 1 N–H and O–H groups in total. The van der Waals surface area contributed by atoms with Gasteiger partial charge in [0, 0.05) is 19.2 Å². The molecule has 0 aliphatic carbocycles. The molecule has 1 aromatic carbocycles. The number of hydrogen-bond acceptors (Lipinski definition) is 5. The lowest BCUT2D eigenvalue weighted by atomic mass is 9.79. The van der Waals surface area contributed by atoms with Gasteiger partial charge in [0.25, 0.3) is 0 Å². The van der Waals surface area contributed by atoms with Crippen LogP contribution in [0.5, 0.6) is 0 Å². The van der Waals surface area contributed by atoms with Gasteiger partial charge in [0.05, 0.1) is 18.0 Å². The summed E-state index contributed by atoms with van der Waals surface area (Å²) in [6, 6.07) is 5.64. The highest BCUT2D eigenvalue weighted by Gasteiger charge is 2.32. The summed E-state index contributed by atoms with van der Waals surface area (Å²) in [5, 5.41) is 17.4. The number of pyridine rings is 1. The molecule has 2 aromatic heterocycles. The summed E-state index contributed by atoms with van der Waals surface area (Å²) in [6.07, 6.45) is 3.12. The van der Waals surface area contributed by atoms with Crippen LogP contribution in [-0.2, 0) is 17.6 Å². The molecule has 1 unspecified atom stereocenters. The van der Waals surface area contributed by atoms with Gasteiger partial charge in [-0.3, -0.25) is 4.68 Å². The van der Waals surface area contributed by atoms with Gasteiger partial charge in [-0.1, -0.05) is 22.9 Å². The number of hydrogen-bond donors (Lipinski definition) is 1. The van der Waals surface area contributed by atoms with Crippen LogP contribution in [0.25, 0.3) is 0 Å². The monoisotopic (exact) mass is 406 g/mol. The molecule has 0 saturated carbocycles. The molecular formula is C18H18BClF2N4O2. The van der Waals surface area contributed by atoms with Gasteiger partial charge < -0.3 is 9.68 Å². The first-order chi connectivity index (χ1) is 13.4. The predicted octanol–water partition coefficient (Wildman–Crippen LogP) is 2.68. The van der Waals surface area contributed by atoms with E-state index in [0.717, 1.165) is 24.0 Å². The van der Waals surface area contributed by atoms with E-state index in [1.54, 1.807) is 23.9 Å². The molecule has 0 radical (unpaired) electrons. The number of nitrogens with zero attached hydrogens (tertiary/aromatic N) is 4. The Morgan fingerprint density at radius 2 is 2.07 bits per heavy atom. The Kier molecular flexibility index (Phi) is 6.38. The van der Waals surface area contributed by atoms with Gasteiger partial charge in [-0.15, -0.1) is 5.10 Å². The van der Waals surface area contributed by atoms with Crippen molar-refractivity contribution in [3.63, 3.8) is 0 Å². The second kappa shape index (κ2) is 8.77. The molecule has 6 nitrogen and oxygen atoms in total. The Bertz CT molecular complexity index is 973. The minimum atomic E-state index is -0.893. The highest BCUT2D eigenvalue weighted by Crippen LogP contribution is 2.22. The number of aryl methyl sites for hydroxylation is 1. The lowest BCUT2D eigenvalue weighted by molar-refractivity contribution is 0.208. The van der Waals surface area contributed by atoms with Crippen LogP contribution in [0.2, 0.25) is 5.15 Å². The second-order valence-electron chi connectivity index (χ2n) is 6.25. The van der Waals surface area contributed by atoms with E-state index in [9.17, 15) is 13.8 Å². The van der Waals surface area contributed by atoms with Crippen molar-refractivity contribution in [2.24, 2.45) is 0 Å². The van der Waals surface area contributed by atoms with Crippen LogP contribution in [0.3, 0.4) is 0 Å². The van der Waals surface area contributed by atoms with Crippen molar-refractivity contribution in [3.05, 3.63) is 70.3 Å². The van der Waals surface area contributed by atoms with Gasteiger partial charge in [0.15, 0.2) is 0 Å². The lowest BCUT2D eigenvalue weighted by Gasteiger charge is -2.02. The highest BCUT2D eigenvalue weighted by atomic mass is 35.5. The summed E-state index contributed by atoms with van der Waals surface area (Å²) in [4.78, 5) is 3.74. The van der Waals surface area contributed by atoms with Crippen LogP contribution in [0.4, 0.5) is 8.78 Å². The van der Waals surface area contributed by atoms with Gasteiger partial charge >= 0.3 is 7.12 Å². The average molecular weight is 407 g/mol. The van der Waals surface area contributed by atoms with Gasteiger partial charge in [-0.2, -0.15) is 0 Å². The van der Waals surface area contributed by atoms with E-state index in [2.05, 4.69) is 15.3 Å². The summed E-state index contributed by atoms with van der Waals surface area (Å²) in [6.45, 7) is 4.51. The lowest BCUT2D eigenvalue weighted by Crippen LogP contribution is -2.27. The van der Waals surface area contributed by atoms with E-state index in [1.165, 1.54) is 18.2 Å². The van der Waals surface area contributed by atoms with Gasteiger partial charge in [0.2, 0.25) is 0 Å². The Morgan fingerprint density at radius 3 is 2.79 bits per heavy atom. The molecule has 0 saturated heterocycles. The first kappa shape index (κ1) is 20.4. The van der Waals surface area contributed by atoms with Crippen molar-refractivity contribution >= 4 is 24.2 Å². The van der Waals surface area contributed by atoms with E-state index in [-0.39, 0.29) is 11.9 Å². The van der Waals surface area contributed by atoms with E-state index in [1.807, 2.05) is 6.92 Å². The summed E-state index contributed by atoms with van der Waals surface area (Å²) >= 11 is 5.85. The fraction of sp³-hybridized carbons (Fsp3) is 0.278. The molecular weight excluding hydrogens is 388 g/mol. The fourth-order valence-electron chi connectivity index (χ4n) is 2.82. The van der Waals surface area contributed by atoms with Crippen molar-refractivity contribution in [3.8, 4) is 0 Å². The topological polar surface area (TPSA) is 73.1 Å². The smallest absolute Gasteiger partial charge is 0.423 e. The Labute approximate surface area is 166 Å². The molecule has 146 valence electrons. The third-order valence-corrected chi connectivity index (χ3v) is 4.59. The van der Waals surface area contributed by atoms with Gasteiger partial charge in [0.1, 0.15) is 16.8 Å². The predicted molar refractivity (Wildman–Crippen MR) is 101 cm³/mol. The van der Waals surface area contributed by atoms with Crippen LogP contribution in [0.1, 0.15) is 36.8 Å². The molecule has 1 atom stereocenters. The Hall–Kier alpha value is -2.36. The average Bonchev–Trinajstić information content (AvgIpc) is 3.23. The molecule has 10 heteroatoms. The molecule has 1 aliphatic heterocycles. The van der Waals surface area contributed by atoms with Crippen LogP contribution in [-0.4, -0.2) is 32.1 Å². The largest absolute Gasteiger partial charge is 0.491 e. The quantitative estimate of drug-likeness (QED) is 0.535. The summed E-state index contributed by atoms with van der Waals surface area (Å²) < 4.78 is 32.5. The van der Waals surface area contributed by atoms with Crippen molar-refractivity contribution < 1.29 is 18.5 Å². The molecule has 1 aliphatic rings. The first-order valence-corrected chi connectivity index (χ1v) is 9.07. The van der Waals surface area contributed by atoms with E-state index in [4.69, 9.17) is 16.3 Å². The third-order valence-electron chi connectivity index (χ3n) is 4.25. The van der Waals surface area contributed by atoms with Crippen LogP contribution < -0.4 is 5.46 Å². The molecule has 0 amide bonds. The molecule has 0 spiro atoms. The summed E-state index contributed by atoms with van der Waals surface area (Å²) in [5.41, 5.74) is 2.77. The fourth-order valence-corrected chi connectivity index (χ4v) is 2.99. The van der Waals surface area contributed by atoms with Crippen molar-refractivity contribution in [1.29, 1.82) is 0 Å². The minimum absolute atomic E-state index is 0.217. The molecule has 28 heavy (non-hydrogen) atoms. The standard InChI is InChI=1S/C10H10ClFN4.C8H8BFO2/c1-2-16-6-9(14-15-16)4-7-3-8(12)5-13-10(7)11;1-5-7-4-6(10)2-3-8(7)9(11)12-5/h3,5-6H,2,4H2,1H3;2-5,11H,1H3. The summed E-state index contributed by atoms with van der Waals surface area (Å²) in [7, 11) is -0.893. The zero-order valence-corrected chi connectivity index (χ0v) is 16.1. The maximum atomic E-state index is 13.0. The number of benzene rings is 1. The zero-order chi connectivity index (χ0) is 20.3. The van der Waals surface area contributed by atoms with Gasteiger partial charge in [-0.05, 0) is 48.6 Å². The molecule has 0 bridgehead atoms. The van der Waals surface area contributed by atoms with Crippen LogP contribution in [0, 0.1) is 11.6 Å². The molecule has 4 rings (SSSR count). The van der Waals surface area contributed by atoms with Crippen molar-refractivity contribution in [2.45, 2.75) is 32.9 Å². The van der Waals surface area contributed by atoms with Crippen LogP contribution in [0.15, 0.2) is 36.7 Å². The molecule has 3 heterocycles. The van der Waals surface area contributed by atoms with Crippen molar-refractivity contribution in [1.82, 2.24) is 20.0 Å². The second-order valence-corrected chi connectivity index (χ2v) is 6.61. The van der Waals surface area contributed by atoms with Gasteiger partial charge in [-0.25, -0.2) is 13.8 Å². The minimum Gasteiger partial charge on any atom is -0.423 e. The normalized spacial score (nSPS) is 15.2. The van der Waals surface area contributed by atoms with E-state index in [0.29, 0.717) is 22.6 Å². The molecule has 0 fully saturated rings. The molecule has 3 aromatic rings.